The molecule has 0 spiro atoms. The van der Waals surface area contributed by atoms with Gasteiger partial charge < -0.3 is 9.64 Å². The second-order valence-electron chi connectivity index (χ2n) is 4.98. The summed E-state index contributed by atoms with van der Waals surface area (Å²) in [4.78, 5) is 25.7. The van der Waals surface area contributed by atoms with Crippen molar-refractivity contribution in [3.05, 3.63) is 35.4 Å². The Bertz CT molecular complexity index is 484. The summed E-state index contributed by atoms with van der Waals surface area (Å²) in [6.07, 6.45) is 1.64. The highest BCUT2D eigenvalue weighted by molar-refractivity contribution is 5.94. The van der Waals surface area contributed by atoms with Crippen molar-refractivity contribution < 1.29 is 14.3 Å². The van der Waals surface area contributed by atoms with Crippen molar-refractivity contribution >= 4 is 11.9 Å². The van der Waals surface area contributed by atoms with E-state index in [2.05, 4.69) is 0 Å². The number of carbonyl (C=O) groups is 2. The number of carbonyl (C=O) groups excluding carboxylic acids is 2. The molecular formula is C15H19NO3. The van der Waals surface area contributed by atoms with Gasteiger partial charge in [0.25, 0.3) is 5.91 Å². The smallest absolute Gasteiger partial charge is 0.310 e. The lowest BCUT2D eigenvalue weighted by molar-refractivity contribution is -0.146. The maximum absolute atomic E-state index is 12.4. The van der Waals surface area contributed by atoms with Gasteiger partial charge in [0.15, 0.2) is 0 Å². The third kappa shape index (κ3) is 3.13. The van der Waals surface area contributed by atoms with Crippen LogP contribution in [-0.4, -0.2) is 37.0 Å². The number of likely N-dealkylation sites (tertiary alicyclic amines) is 1. The molecule has 0 bridgehead atoms. The van der Waals surface area contributed by atoms with Crippen molar-refractivity contribution in [2.24, 2.45) is 5.92 Å². The Morgan fingerprint density at radius 3 is 2.84 bits per heavy atom. The molecule has 1 amide bonds. The van der Waals surface area contributed by atoms with E-state index < -0.39 is 0 Å². The molecule has 1 unspecified atom stereocenters. The fraction of sp³-hybridized carbons (Fsp3) is 0.467. The van der Waals surface area contributed by atoms with E-state index in [0.29, 0.717) is 18.7 Å². The third-order valence-corrected chi connectivity index (χ3v) is 3.51. The summed E-state index contributed by atoms with van der Waals surface area (Å²) in [7, 11) is 1.39. The number of amides is 1. The largest absolute Gasteiger partial charge is 0.469 e. The fourth-order valence-corrected chi connectivity index (χ4v) is 2.48. The van der Waals surface area contributed by atoms with Gasteiger partial charge >= 0.3 is 5.97 Å². The summed E-state index contributed by atoms with van der Waals surface area (Å²) in [6, 6.07) is 7.54. The lowest BCUT2D eigenvalue weighted by Crippen LogP contribution is -2.42. The van der Waals surface area contributed by atoms with Crippen LogP contribution in [0.5, 0.6) is 0 Å². The van der Waals surface area contributed by atoms with Gasteiger partial charge in [-0.2, -0.15) is 0 Å². The highest BCUT2D eigenvalue weighted by Crippen LogP contribution is 2.20. The van der Waals surface area contributed by atoms with Gasteiger partial charge in [-0.25, -0.2) is 0 Å². The van der Waals surface area contributed by atoms with E-state index in [1.165, 1.54) is 7.11 Å². The molecule has 1 aliphatic rings. The number of nitrogens with zero attached hydrogens (tertiary/aromatic N) is 1. The lowest BCUT2D eigenvalue weighted by Gasteiger charge is -2.31. The van der Waals surface area contributed by atoms with Crippen LogP contribution >= 0.6 is 0 Å². The van der Waals surface area contributed by atoms with Gasteiger partial charge in [-0.05, 0) is 31.9 Å². The highest BCUT2D eigenvalue weighted by Gasteiger charge is 2.29. The van der Waals surface area contributed by atoms with Crippen LogP contribution in [0.1, 0.15) is 28.8 Å². The number of methoxy groups -OCH3 is 1. The van der Waals surface area contributed by atoms with Gasteiger partial charge in [-0.15, -0.1) is 0 Å². The van der Waals surface area contributed by atoms with E-state index in [9.17, 15) is 9.59 Å². The van der Waals surface area contributed by atoms with Gasteiger partial charge in [0, 0.05) is 18.7 Å². The molecule has 1 atom stereocenters. The molecule has 102 valence electrons. The van der Waals surface area contributed by atoms with Gasteiger partial charge in [-0.3, -0.25) is 9.59 Å². The van der Waals surface area contributed by atoms with Crippen molar-refractivity contribution in [1.82, 2.24) is 4.90 Å². The molecule has 0 aromatic heterocycles. The summed E-state index contributed by atoms with van der Waals surface area (Å²) in [5, 5.41) is 0. The molecule has 1 fully saturated rings. The molecule has 1 aliphatic heterocycles. The topological polar surface area (TPSA) is 46.6 Å². The monoisotopic (exact) mass is 261 g/mol. The van der Waals surface area contributed by atoms with Crippen molar-refractivity contribution in [3.8, 4) is 0 Å². The first-order chi connectivity index (χ1) is 9.11. The van der Waals surface area contributed by atoms with Crippen LogP contribution in [0.3, 0.4) is 0 Å². The highest BCUT2D eigenvalue weighted by atomic mass is 16.5. The van der Waals surface area contributed by atoms with Crippen LogP contribution in [-0.2, 0) is 9.53 Å². The predicted molar refractivity (Wildman–Crippen MR) is 71.8 cm³/mol. The Hall–Kier alpha value is -1.84. The zero-order valence-corrected chi connectivity index (χ0v) is 11.4. The molecule has 19 heavy (non-hydrogen) atoms. The SMILES string of the molecule is COC(=O)C1CCCN(C(=O)c2cccc(C)c2)C1. The van der Waals surface area contributed by atoms with Crippen molar-refractivity contribution in [2.75, 3.05) is 20.2 Å². The summed E-state index contributed by atoms with van der Waals surface area (Å²) in [6.45, 7) is 3.13. The number of hydrogen-bond donors (Lipinski definition) is 0. The van der Waals surface area contributed by atoms with Crippen molar-refractivity contribution in [3.63, 3.8) is 0 Å². The summed E-state index contributed by atoms with van der Waals surface area (Å²) >= 11 is 0. The number of ether oxygens (including phenoxy) is 1. The van der Waals surface area contributed by atoms with E-state index in [4.69, 9.17) is 4.74 Å². The summed E-state index contributed by atoms with van der Waals surface area (Å²) in [5.41, 5.74) is 1.75. The zero-order valence-electron chi connectivity index (χ0n) is 11.4. The molecule has 0 N–H and O–H groups in total. The predicted octanol–water partition coefficient (Wildman–Crippen LogP) is 2.02. The Labute approximate surface area is 113 Å². The average Bonchev–Trinajstić information content (AvgIpc) is 2.45. The number of hydrogen-bond acceptors (Lipinski definition) is 3. The second kappa shape index (κ2) is 5.87. The number of benzene rings is 1. The molecule has 1 heterocycles. The minimum Gasteiger partial charge on any atom is -0.469 e. The number of esters is 1. The minimum atomic E-state index is -0.221. The van der Waals surface area contributed by atoms with Crippen molar-refractivity contribution in [1.29, 1.82) is 0 Å². The van der Waals surface area contributed by atoms with Crippen LogP contribution in [0.25, 0.3) is 0 Å². The van der Waals surface area contributed by atoms with Crippen molar-refractivity contribution in [2.45, 2.75) is 19.8 Å². The van der Waals surface area contributed by atoms with E-state index >= 15 is 0 Å². The Kier molecular flexibility index (Phi) is 4.20. The molecule has 0 saturated carbocycles. The molecule has 1 saturated heterocycles. The van der Waals surface area contributed by atoms with E-state index in [1.54, 1.807) is 4.90 Å². The maximum Gasteiger partial charge on any atom is 0.310 e. The van der Waals surface area contributed by atoms with Gasteiger partial charge in [0.05, 0.1) is 13.0 Å². The first kappa shape index (κ1) is 13.6. The Morgan fingerprint density at radius 2 is 2.16 bits per heavy atom. The molecule has 1 aromatic carbocycles. The molecule has 4 heteroatoms. The summed E-state index contributed by atoms with van der Waals surface area (Å²) in [5.74, 6) is -0.411. The standard InChI is InChI=1S/C15H19NO3/c1-11-5-3-6-12(9-11)14(17)16-8-4-7-13(10-16)15(18)19-2/h3,5-6,9,13H,4,7-8,10H2,1-2H3. The molecular weight excluding hydrogens is 242 g/mol. The minimum absolute atomic E-state index is 0.00250. The van der Waals surface area contributed by atoms with E-state index in [1.807, 2.05) is 31.2 Å². The van der Waals surface area contributed by atoms with E-state index in [-0.39, 0.29) is 17.8 Å². The number of aryl methyl sites for hydroxylation is 1. The normalized spacial score (nSPS) is 19.1. The first-order valence-electron chi connectivity index (χ1n) is 6.55. The summed E-state index contributed by atoms with van der Waals surface area (Å²) < 4.78 is 4.77. The second-order valence-corrected chi connectivity index (χ2v) is 4.98. The lowest BCUT2D eigenvalue weighted by atomic mass is 9.97. The van der Waals surface area contributed by atoms with Crippen LogP contribution in [0.15, 0.2) is 24.3 Å². The van der Waals surface area contributed by atoms with Gasteiger partial charge in [-0.1, -0.05) is 17.7 Å². The van der Waals surface area contributed by atoms with Gasteiger partial charge in [0.2, 0.25) is 0 Å². The Balaban J connectivity index is 2.09. The number of rotatable bonds is 2. The van der Waals surface area contributed by atoms with Crippen LogP contribution in [0, 0.1) is 12.8 Å². The zero-order chi connectivity index (χ0) is 13.8. The quantitative estimate of drug-likeness (QED) is 0.765. The molecule has 0 aliphatic carbocycles. The van der Waals surface area contributed by atoms with Crippen LogP contribution < -0.4 is 0 Å². The molecule has 2 rings (SSSR count). The van der Waals surface area contributed by atoms with E-state index in [0.717, 1.165) is 18.4 Å². The molecule has 4 nitrogen and oxygen atoms in total. The fourth-order valence-electron chi connectivity index (χ4n) is 2.48. The molecule has 1 aromatic rings. The first-order valence-corrected chi connectivity index (χ1v) is 6.55. The van der Waals surface area contributed by atoms with Gasteiger partial charge in [0.1, 0.15) is 0 Å². The van der Waals surface area contributed by atoms with Crippen LogP contribution in [0.4, 0.5) is 0 Å². The third-order valence-electron chi connectivity index (χ3n) is 3.51. The Morgan fingerprint density at radius 1 is 1.37 bits per heavy atom. The average molecular weight is 261 g/mol. The van der Waals surface area contributed by atoms with Crippen LogP contribution in [0.2, 0.25) is 0 Å². The number of piperidine rings is 1. The molecule has 0 radical (unpaired) electrons. The maximum atomic E-state index is 12.4.